The van der Waals surface area contributed by atoms with Gasteiger partial charge in [-0.15, -0.1) is 0 Å². The third kappa shape index (κ3) is 3.43. The predicted octanol–water partition coefficient (Wildman–Crippen LogP) is 1.19. The molecule has 1 aromatic carbocycles. The molecule has 0 spiro atoms. The summed E-state index contributed by atoms with van der Waals surface area (Å²) < 4.78 is 41.2. The van der Waals surface area contributed by atoms with E-state index in [1.165, 1.54) is 22.5 Å². The number of para-hydroxylation sites is 1. The maximum absolute atomic E-state index is 13.4. The standard InChI is InChI=1S/C12H17FN2O3S/c13-11-5-1-2-6-12(11)14-19(17,18)15-7-3-4-10(8-15)9-16/h1-2,5-6,10,14,16H,3-4,7-9H2. The predicted molar refractivity (Wildman–Crippen MR) is 70.3 cm³/mol. The topological polar surface area (TPSA) is 69.6 Å². The molecule has 2 N–H and O–H groups in total. The Labute approximate surface area is 112 Å². The summed E-state index contributed by atoms with van der Waals surface area (Å²) in [5, 5.41) is 9.11. The van der Waals surface area contributed by atoms with Crippen molar-refractivity contribution in [1.82, 2.24) is 4.31 Å². The highest BCUT2D eigenvalue weighted by Crippen LogP contribution is 2.21. The van der Waals surface area contributed by atoms with Crippen molar-refractivity contribution in [2.75, 3.05) is 24.4 Å². The van der Waals surface area contributed by atoms with E-state index in [2.05, 4.69) is 4.72 Å². The molecule has 0 aliphatic carbocycles. The van der Waals surface area contributed by atoms with Crippen molar-refractivity contribution < 1.29 is 17.9 Å². The van der Waals surface area contributed by atoms with Gasteiger partial charge in [0.2, 0.25) is 0 Å². The van der Waals surface area contributed by atoms with Crippen LogP contribution in [0.1, 0.15) is 12.8 Å². The van der Waals surface area contributed by atoms with Crippen LogP contribution in [-0.4, -0.2) is 37.5 Å². The number of piperidine rings is 1. The van der Waals surface area contributed by atoms with Crippen LogP contribution in [0.2, 0.25) is 0 Å². The molecule has 1 saturated heterocycles. The van der Waals surface area contributed by atoms with Gasteiger partial charge in [0.15, 0.2) is 0 Å². The molecule has 5 nitrogen and oxygen atoms in total. The van der Waals surface area contributed by atoms with Gasteiger partial charge in [-0.2, -0.15) is 12.7 Å². The Morgan fingerprint density at radius 2 is 2.16 bits per heavy atom. The normalized spacial score (nSPS) is 21.3. The van der Waals surface area contributed by atoms with Crippen molar-refractivity contribution in [3.63, 3.8) is 0 Å². The van der Waals surface area contributed by atoms with Gasteiger partial charge in [0.1, 0.15) is 5.82 Å². The lowest BCUT2D eigenvalue weighted by atomic mass is 10.0. The van der Waals surface area contributed by atoms with E-state index in [1.807, 2.05) is 0 Å². The van der Waals surface area contributed by atoms with E-state index in [4.69, 9.17) is 5.11 Å². The molecule has 1 aliphatic heterocycles. The molecule has 1 heterocycles. The van der Waals surface area contributed by atoms with Gasteiger partial charge < -0.3 is 5.11 Å². The molecule has 1 unspecified atom stereocenters. The Hall–Kier alpha value is -1.18. The summed E-state index contributed by atoms with van der Waals surface area (Å²) in [6.07, 6.45) is 1.51. The first kappa shape index (κ1) is 14.2. The lowest BCUT2D eigenvalue weighted by Gasteiger charge is -2.31. The van der Waals surface area contributed by atoms with E-state index in [1.54, 1.807) is 6.07 Å². The second-order valence-corrected chi connectivity index (χ2v) is 6.31. The fourth-order valence-corrected chi connectivity index (χ4v) is 3.49. The number of nitrogens with one attached hydrogen (secondary N) is 1. The van der Waals surface area contributed by atoms with Crippen LogP contribution >= 0.6 is 0 Å². The van der Waals surface area contributed by atoms with Gasteiger partial charge in [-0.05, 0) is 30.9 Å². The maximum Gasteiger partial charge on any atom is 0.301 e. The van der Waals surface area contributed by atoms with Gasteiger partial charge in [0, 0.05) is 19.7 Å². The van der Waals surface area contributed by atoms with Gasteiger partial charge >= 0.3 is 10.2 Å². The third-order valence-corrected chi connectivity index (χ3v) is 4.68. The Kier molecular flexibility index (Phi) is 4.38. The minimum atomic E-state index is -3.77. The zero-order valence-electron chi connectivity index (χ0n) is 10.4. The molecule has 1 aromatic rings. The molecule has 0 bridgehead atoms. The first-order chi connectivity index (χ1) is 9.03. The van der Waals surface area contributed by atoms with Crippen LogP contribution in [0.5, 0.6) is 0 Å². The molecule has 0 radical (unpaired) electrons. The molecule has 0 aromatic heterocycles. The monoisotopic (exact) mass is 288 g/mol. The van der Waals surface area contributed by atoms with Crippen molar-refractivity contribution in [3.05, 3.63) is 30.1 Å². The van der Waals surface area contributed by atoms with E-state index in [-0.39, 0.29) is 24.8 Å². The van der Waals surface area contributed by atoms with Gasteiger partial charge in [-0.3, -0.25) is 4.72 Å². The fraction of sp³-hybridized carbons (Fsp3) is 0.500. The van der Waals surface area contributed by atoms with Gasteiger partial charge in [-0.1, -0.05) is 12.1 Å². The van der Waals surface area contributed by atoms with E-state index >= 15 is 0 Å². The SMILES string of the molecule is O=S(=O)(Nc1ccccc1F)N1CCCC(CO)C1. The Morgan fingerprint density at radius 3 is 2.84 bits per heavy atom. The van der Waals surface area contributed by atoms with Crippen molar-refractivity contribution in [2.24, 2.45) is 5.92 Å². The minimum absolute atomic E-state index is 0.0360. The average molecular weight is 288 g/mol. The number of aliphatic hydroxyl groups is 1. The van der Waals surface area contributed by atoms with E-state index in [0.29, 0.717) is 13.0 Å². The number of halogens is 1. The van der Waals surface area contributed by atoms with Crippen molar-refractivity contribution in [3.8, 4) is 0 Å². The molecule has 0 saturated carbocycles. The molecular weight excluding hydrogens is 271 g/mol. The number of hydrogen-bond acceptors (Lipinski definition) is 3. The molecule has 2 rings (SSSR count). The van der Waals surface area contributed by atoms with Crippen molar-refractivity contribution in [1.29, 1.82) is 0 Å². The number of aliphatic hydroxyl groups excluding tert-OH is 1. The van der Waals surface area contributed by atoms with Crippen LogP contribution < -0.4 is 4.72 Å². The lowest BCUT2D eigenvalue weighted by molar-refractivity contribution is 0.166. The summed E-state index contributed by atoms with van der Waals surface area (Å²) >= 11 is 0. The Bertz CT molecular complexity index is 536. The molecule has 1 fully saturated rings. The Balaban J connectivity index is 2.12. The van der Waals surface area contributed by atoms with E-state index in [0.717, 1.165) is 6.42 Å². The minimum Gasteiger partial charge on any atom is -0.396 e. The second kappa shape index (κ2) is 5.85. The summed E-state index contributed by atoms with van der Waals surface area (Å²) in [5.74, 6) is -0.660. The van der Waals surface area contributed by atoms with Crippen molar-refractivity contribution >= 4 is 15.9 Å². The molecule has 1 aliphatic rings. The van der Waals surface area contributed by atoms with Gasteiger partial charge in [0.25, 0.3) is 0 Å². The summed E-state index contributed by atoms with van der Waals surface area (Å²) in [6, 6.07) is 5.63. The van der Waals surface area contributed by atoms with Crippen molar-refractivity contribution in [2.45, 2.75) is 12.8 Å². The number of hydrogen-bond donors (Lipinski definition) is 2. The molecule has 106 valence electrons. The van der Waals surface area contributed by atoms with Crippen LogP contribution in [0.3, 0.4) is 0 Å². The van der Waals surface area contributed by atoms with Crippen LogP contribution in [0.25, 0.3) is 0 Å². The first-order valence-electron chi connectivity index (χ1n) is 6.16. The lowest BCUT2D eigenvalue weighted by Crippen LogP contribution is -2.43. The Morgan fingerprint density at radius 1 is 1.42 bits per heavy atom. The van der Waals surface area contributed by atoms with E-state index < -0.39 is 16.0 Å². The highest BCUT2D eigenvalue weighted by atomic mass is 32.2. The highest BCUT2D eigenvalue weighted by molar-refractivity contribution is 7.90. The molecular formula is C12H17FN2O3S. The zero-order valence-corrected chi connectivity index (χ0v) is 11.2. The number of nitrogens with zero attached hydrogens (tertiary/aromatic N) is 1. The number of rotatable bonds is 4. The summed E-state index contributed by atoms with van der Waals surface area (Å²) in [6.45, 7) is 0.617. The molecule has 7 heteroatoms. The summed E-state index contributed by atoms with van der Waals surface area (Å²) in [7, 11) is -3.77. The third-order valence-electron chi connectivity index (χ3n) is 3.19. The molecule has 0 amide bonds. The van der Waals surface area contributed by atoms with Crippen LogP contribution in [0, 0.1) is 11.7 Å². The maximum atomic E-state index is 13.4. The highest BCUT2D eigenvalue weighted by Gasteiger charge is 2.28. The number of benzene rings is 1. The van der Waals surface area contributed by atoms with E-state index in [9.17, 15) is 12.8 Å². The second-order valence-electron chi connectivity index (χ2n) is 4.64. The number of anilines is 1. The van der Waals surface area contributed by atoms with Crippen LogP contribution in [0.4, 0.5) is 10.1 Å². The smallest absolute Gasteiger partial charge is 0.301 e. The van der Waals surface area contributed by atoms with Crippen LogP contribution in [-0.2, 0) is 10.2 Å². The molecule has 19 heavy (non-hydrogen) atoms. The first-order valence-corrected chi connectivity index (χ1v) is 7.60. The summed E-state index contributed by atoms with van der Waals surface area (Å²) in [4.78, 5) is 0. The average Bonchev–Trinajstić information content (AvgIpc) is 2.41. The quantitative estimate of drug-likeness (QED) is 0.874. The zero-order chi connectivity index (χ0) is 13.9. The largest absolute Gasteiger partial charge is 0.396 e. The molecule has 1 atom stereocenters. The van der Waals surface area contributed by atoms with Gasteiger partial charge in [0.05, 0.1) is 5.69 Å². The van der Waals surface area contributed by atoms with Gasteiger partial charge in [-0.25, -0.2) is 4.39 Å². The summed E-state index contributed by atoms with van der Waals surface area (Å²) in [5.41, 5.74) is -0.0615. The fourth-order valence-electron chi connectivity index (χ4n) is 2.14. The van der Waals surface area contributed by atoms with Crippen LogP contribution in [0.15, 0.2) is 24.3 Å².